The maximum atomic E-state index is 13.0. The van der Waals surface area contributed by atoms with E-state index in [1.54, 1.807) is 18.6 Å². The van der Waals surface area contributed by atoms with Crippen LogP contribution in [0.5, 0.6) is 0 Å². The monoisotopic (exact) mass is 335 g/mol. The molecular weight excluding hydrogens is 318 g/mol. The first-order valence-electron chi connectivity index (χ1n) is 8.05. The van der Waals surface area contributed by atoms with Crippen LogP contribution in [0.1, 0.15) is 34.1 Å². The Morgan fingerprint density at radius 3 is 2.71 bits per heavy atom. The molecule has 0 unspecified atom stereocenters. The molecule has 4 rings (SSSR count). The number of carbonyl (C=O) groups excluding carboxylic acids is 1. The van der Waals surface area contributed by atoms with Gasteiger partial charge < -0.3 is 4.90 Å². The molecule has 2 aromatic heterocycles. The van der Waals surface area contributed by atoms with E-state index in [1.807, 2.05) is 47.4 Å². The van der Waals surface area contributed by atoms with Crippen LogP contribution in [0, 0.1) is 0 Å². The molecule has 0 spiro atoms. The Kier molecular flexibility index (Phi) is 4.09. The second-order valence-electron chi connectivity index (χ2n) is 5.83. The maximum Gasteiger partial charge on any atom is 0.266 e. The second-order valence-corrected chi connectivity index (χ2v) is 6.86. The topological polar surface area (TPSA) is 46.1 Å². The van der Waals surface area contributed by atoms with Gasteiger partial charge in [-0.05, 0) is 30.5 Å². The molecule has 1 amide bonds. The molecule has 0 radical (unpaired) electrons. The van der Waals surface area contributed by atoms with Crippen molar-refractivity contribution < 1.29 is 4.79 Å². The van der Waals surface area contributed by atoms with E-state index in [2.05, 4.69) is 9.97 Å². The summed E-state index contributed by atoms with van der Waals surface area (Å²) in [6.07, 6.45) is 7.31. The zero-order chi connectivity index (χ0) is 16.4. The molecule has 1 aromatic carbocycles. The number of hydrogen-bond acceptors (Lipinski definition) is 4. The Morgan fingerprint density at radius 2 is 1.92 bits per heavy atom. The third-order valence-electron chi connectivity index (χ3n) is 4.34. The molecule has 0 N–H and O–H groups in total. The molecule has 3 aromatic rings. The van der Waals surface area contributed by atoms with Crippen molar-refractivity contribution in [1.82, 2.24) is 14.9 Å². The van der Waals surface area contributed by atoms with Crippen LogP contribution in [0.15, 0.2) is 61.1 Å². The highest BCUT2D eigenvalue weighted by atomic mass is 32.1. The normalized spacial score (nSPS) is 17.2. The summed E-state index contributed by atoms with van der Waals surface area (Å²) in [4.78, 5) is 24.1. The highest BCUT2D eigenvalue weighted by Gasteiger charge is 2.31. The van der Waals surface area contributed by atoms with Crippen molar-refractivity contribution in [2.45, 2.75) is 18.9 Å². The lowest BCUT2D eigenvalue weighted by atomic mass is 10.1. The van der Waals surface area contributed by atoms with Crippen LogP contribution in [-0.4, -0.2) is 27.3 Å². The van der Waals surface area contributed by atoms with E-state index in [4.69, 9.17) is 0 Å². The Hall–Kier alpha value is -2.53. The Balaban J connectivity index is 1.58. The minimum Gasteiger partial charge on any atom is -0.331 e. The number of benzene rings is 1. The molecule has 1 saturated heterocycles. The van der Waals surface area contributed by atoms with Gasteiger partial charge in [-0.15, -0.1) is 11.3 Å². The van der Waals surface area contributed by atoms with E-state index in [0.717, 1.165) is 35.5 Å². The largest absolute Gasteiger partial charge is 0.331 e. The van der Waals surface area contributed by atoms with Crippen molar-refractivity contribution in [1.29, 1.82) is 0 Å². The number of rotatable bonds is 3. The number of hydrogen-bond donors (Lipinski definition) is 0. The van der Waals surface area contributed by atoms with Gasteiger partial charge in [0.05, 0.1) is 12.2 Å². The fourth-order valence-corrected chi connectivity index (χ4v) is 4.05. The zero-order valence-corrected chi connectivity index (χ0v) is 13.9. The lowest BCUT2D eigenvalue weighted by molar-refractivity contribution is 0.0740. The van der Waals surface area contributed by atoms with Gasteiger partial charge in [0.25, 0.3) is 5.91 Å². The summed E-state index contributed by atoms with van der Waals surface area (Å²) in [5.41, 5.74) is 2.21. The van der Waals surface area contributed by atoms with Gasteiger partial charge in [-0.2, -0.15) is 0 Å². The first-order chi connectivity index (χ1) is 11.8. The van der Waals surface area contributed by atoms with E-state index in [-0.39, 0.29) is 11.9 Å². The third kappa shape index (κ3) is 2.83. The van der Waals surface area contributed by atoms with Gasteiger partial charge in [-0.3, -0.25) is 9.78 Å². The number of amides is 1. The standard InChI is InChI=1S/C19H17N3OS/c23-19(17-13-21-18(24-17)15-5-2-1-3-6-15)22-12-4-7-16(22)14-8-10-20-11-9-14/h1-3,5-6,8-11,13,16H,4,7,12H2/t16-/m1/s1. The summed E-state index contributed by atoms with van der Waals surface area (Å²) in [7, 11) is 0. The van der Waals surface area contributed by atoms with Crippen LogP contribution < -0.4 is 0 Å². The van der Waals surface area contributed by atoms with Crippen LogP contribution in [0.25, 0.3) is 10.6 Å². The van der Waals surface area contributed by atoms with Crippen molar-refractivity contribution in [3.05, 3.63) is 71.5 Å². The summed E-state index contributed by atoms with van der Waals surface area (Å²) in [6, 6.07) is 14.1. The summed E-state index contributed by atoms with van der Waals surface area (Å²) in [5, 5.41) is 0.888. The van der Waals surface area contributed by atoms with Crippen LogP contribution in [0.2, 0.25) is 0 Å². The molecule has 1 atom stereocenters. The molecule has 5 heteroatoms. The van der Waals surface area contributed by atoms with Crippen LogP contribution in [-0.2, 0) is 0 Å². The minimum absolute atomic E-state index is 0.0778. The predicted molar refractivity (Wildman–Crippen MR) is 94.8 cm³/mol. The van der Waals surface area contributed by atoms with Crippen molar-refractivity contribution in [2.24, 2.45) is 0 Å². The molecular formula is C19H17N3OS. The maximum absolute atomic E-state index is 13.0. The zero-order valence-electron chi connectivity index (χ0n) is 13.1. The smallest absolute Gasteiger partial charge is 0.266 e. The summed E-state index contributed by atoms with van der Waals surface area (Å²) >= 11 is 1.46. The fourth-order valence-electron chi connectivity index (χ4n) is 3.17. The van der Waals surface area contributed by atoms with E-state index in [9.17, 15) is 4.79 Å². The lowest BCUT2D eigenvalue weighted by Crippen LogP contribution is -2.29. The van der Waals surface area contributed by atoms with Gasteiger partial charge in [0.15, 0.2) is 0 Å². The molecule has 1 aliphatic rings. The highest BCUT2D eigenvalue weighted by molar-refractivity contribution is 7.16. The number of nitrogens with zero attached hydrogens (tertiary/aromatic N) is 3. The molecule has 1 aliphatic heterocycles. The average Bonchev–Trinajstić information content (AvgIpc) is 3.32. The summed E-state index contributed by atoms with van der Waals surface area (Å²) in [5.74, 6) is 0.0778. The first kappa shape index (κ1) is 15.0. The second kappa shape index (κ2) is 6.53. The van der Waals surface area contributed by atoms with Gasteiger partial charge in [0, 0.05) is 24.5 Å². The Morgan fingerprint density at radius 1 is 1.12 bits per heavy atom. The highest BCUT2D eigenvalue weighted by Crippen LogP contribution is 2.34. The van der Waals surface area contributed by atoms with E-state index < -0.39 is 0 Å². The number of likely N-dealkylation sites (tertiary alicyclic amines) is 1. The summed E-state index contributed by atoms with van der Waals surface area (Å²) in [6.45, 7) is 0.796. The molecule has 0 saturated carbocycles. The SMILES string of the molecule is O=C(c1cnc(-c2ccccc2)s1)N1CCC[C@@H]1c1ccncc1. The van der Waals surface area contributed by atoms with Gasteiger partial charge in [0.1, 0.15) is 9.88 Å². The molecule has 0 bridgehead atoms. The van der Waals surface area contributed by atoms with E-state index in [1.165, 1.54) is 11.3 Å². The first-order valence-corrected chi connectivity index (χ1v) is 8.87. The van der Waals surface area contributed by atoms with Crippen molar-refractivity contribution >= 4 is 17.2 Å². The lowest BCUT2D eigenvalue weighted by Gasteiger charge is -2.24. The predicted octanol–water partition coefficient (Wildman–Crippen LogP) is 4.18. The fraction of sp³-hybridized carbons (Fsp3) is 0.211. The average molecular weight is 335 g/mol. The quantitative estimate of drug-likeness (QED) is 0.721. The molecule has 24 heavy (non-hydrogen) atoms. The van der Waals surface area contributed by atoms with Gasteiger partial charge in [-0.1, -0.05) is 30.3 Å². The van der Waals surface area contributed by atoms with Gasteiger partial charge in [0.2, 0.25) is 0 Å². The van der Waals surface area contributed by atoms with Crippen LogP contribution in [0.4, 0.5) is 0 Å². The molecule has 0 aliphatic carbocycles. The minimum atomic E-state index is 0.0778. The van der Waals surface area contributed by atoms with E-state index in [0.29, 0.717) is 4.88 Å². The number of carbonyl (C=O) groups is 1. The molecule has 3 heterocycles. The molecule has 1 fully saturated rings. The van der Waals surface area contributed by atoms with E-state index >= 15 is 0 Å². The van der Waals surface area contributed by atoms with Gasteiger partial charge in [-0.25, -0.2) is 4.98 Å². The molecule has 120 valence electrons. The van der Waals surface area contributed by atoms with Crippen LogP contribution >= 0.6 is 11.3 Å². The molecule has 4 nitrogen and oxygen atoms in total. The third-order valence-corrected chi connectivity index (χ3v) is 5.38. The number of aromatic nitrogens is 2. The van der Waals surface area contributed by atoms with Gasteiger partial charge >= 0.3 is 0 Å². The summed E-state index contributed by atoms with van der Waals surface area (Å²) < 4.78 is 0. The van der Waals surface area contributed by atoms with Crippen LogP contribution in [0.3, 0.4) is 0 Å². The Labute approximate surface area is 144 Å². The van der Waals surface area contributed by atoms with Crippen molar-refractivity contribution in [2.75, 3.05) is 6.54 Å². The van der Waals surface area contributed by atoms with Crippen molar-refractivity contribution in [3.8, 4) is 10.6 Å². The van der Waals surface area contributed by atoms with Crippen molar-refractivity contribution in [3.63, 3.8) is 0 Å². The Bertz CT molecular complexity index is 832. The number of thiazole rings is 1. The number of pyridine rings is 1.